The summed E-state index contributed by atoms with van der Waals surface area (Å²) in [5, 5.41) is 12.0. The second-order valence-corrected chi connectivity index (χ2v) is 4.95. The van der Waals surface area contributed by atoms with Gasteiger partial charge < -0.3 is 15.7 Å². The van der Waals surface area contributed by atoms with E-state index in [4.69, 9.17) is 38.9 Å². The van der Waals surface area contributed by atoms with Crippen LogP contribution in [0.15, 0.2) is 41.6 Å². The molecule has 0 heterocycles. The van der Waals surface area contributed by atoms with Crippen LogP contribution in [0.1, 0.15) is 11.1 Å². The number of oxime groups is 1. The lowest BCUT2D eigenvalue weighted by atomic mass is 10.1. The van der Waals surface area contributed by atoms with Crippen molar-refractivity contribution < 1.29 is 14.3 Å². The summed E-state index contributed by atoms with van der Waals surface area (Å²) in [6, 6.07) is 9.09. The lowest BCUT2D eigenvalue weighted by Crippen LogP contribution is -2.13. The molecule has 0 aliphatic carbocycles. The molecule has 2 aromatic rings. The van der Waals surface area contributed by atoms with Crippen molar-refractivity contribution in [1.29, 1.82) is 0 Å². The van der Waals surface area contributed by atoms with E-state index in [0.29, 0.717) is 21.4 Å². The number of nitrogens with zero attached hydrogens (tertiary/aromatic N) is 1. The molecule has 0 atom stereocenters. The highest BCUT2D eigenvalue weighted by molar-refractivity contribution is 6.37. The van der Waals surface area contributed by atoms with Crippen molar-refractivity contribution in [1.82, 2.24) is 0 Å². The van der Waals surface area contributed by atoms with Crippen LogP contribution < -0.4 is 10.5 Å². The summed E-state index contributed by atoms with van der Waals surface area (Å²) in [6.07, 6.45) is 0. The summed E-state index contributed by atoms with van der Waals surface area (Å²) in [4.78, 5) is 0. The third-order valence-corrected chi connectivity index (χ3v) is 3.34. The fraction of sp³-hybridized carbons (Fsp3) is 0.0714. The van der Waals surface area contributed by atoms with Crippen molar-refractivity contribution in [3.05, 3.63) is 63.4 Å². The molecule has 7 heteroatoms. The van der Waals surface area contributed by atoms with Gasteiger partial charge in [-0.05, 0) is 18.2 Å². The van der Waals surface area contributed by atoms with Crippen molar-refractivity contribution in [3.63, 3.8) is 0 Å². The van der Waals surface area contributed by atoms with E-state index in [1.54, 1.807) is 18.2 Å². The van der Waals surface area contributed by atoms with Gasteiger partial charge in [0.2, 0.25) is 0 Å². The van der Waals surface area contributed by atoms with E-state index in [2.05, 4.69) is 5.16 Å². The smallest absolute Gasteiger partial charge is 0.170 e. The monoisotopic (exact) mass is 328 g/mol. The molecule has 4 nitrogen and oxygen atoms in total. The van der Waals surface area contributed by atoms with Crippen LogP contribution in [0.2, 0.25) is 10.0 Å². The van der Waals surface area contributed by atoms with Gasteiger partial charge in [0.1, 0.15) is 12.4 Å². The molecule has 110 valence electrons. The van der Waals surface area contributed by atoms with Crippen molar-refractivity contribution in [2.24, 2.45) is 10.9 Å². The highest BCUT2D eigenvalue weighted by atomic mass is 35.5. The molecular formula is C14H11Cl2FN2O2. The number of halogens is 3. The molecule has 3 N–H and O–H groups in total. The second-order valence-electron chi connectivity index (χ2n) is 4.13. The molecule has 0 spiro atoms. The molecule has 0 bridgehead atoms. The normalized spacial score (nSPS) is 11.5. The zero-order valence-corrected chi connectivity index (χ0v) is 12.2. The number of amidine groups is 1. The van der Waals surface area contributed by atoms with Gasteiger partial charge in [-0.15, -0.1) is 0 Å². The highest BCUT2D eigenvalue weighted by Crippen LogP contribution is 2.33. The Hall–Kier alpha value is -1.98. The third kappa shape index (κ3) is 3.56. The quantitative estimate of drug-likeness (QED) is 0.388. The van der Waals surface area contributed by atoms with E-state index >= 15 is 0 Å². The summed E-state index contributed by atoms with van der Waals surface area (Å²) in [5.41, 5.74) is 5.95. The minimum atomic E-state index is -0.540. The fourth-order valence-electron chi connectivity index (χ4n) is 1.65. The molecule has 0 aliphatic heterocycles. The molecular weight excluding hydrogens is 318 g/mol. The first-order valence-corrected chi connectivity index (χ1v) is 6.61. The Bertz CT molecular complexity index is 672. The predicted molar refractivity (Wildman–Crippen MR) is 79.7 cm³/mol. The lowest BCUT2D eigenvalue weighted by Gasteiger charge is -2.11. The topological polar surface area (TPSA) is 67.8 Å². The maximum absolute atomic E-state index is 13.9. The van der Waals surface area contributed by atoms with Crippen molar-refractivity contribution in [2.75, 3.05) is 0 Å². The summed E-state index contributed by atoms with van der Waals surface area (Å²) in [6.45, 7) is -0.0499. The number of hydrogen-bond acceptors (Lipinski definition) is 3. The molecule has 21 heavy (non-hydrogen) atoms. The van der Waals surface area contributed by atoms with Gasteiger partial charge >= 0.3 is 0 Å². The van der Waals surface area contributed by atoms with Gasteiger partial charge in [-0.3, -0.25) is 0 Å². The maximum Gasteiger partial charge on any atom is 0.170 e. The van der Waals surface area contributed by atoms with Crippen LogP contribution in [-0.2, 0) is 6.61 Å². The van der Waals surface area contributed by atoms with Crippen molar-refractivity contribution >= 4 is 29.0 Å². The summed E-state index contributed by atoms with van der Waals surface area (Å²) < 4.78 is 19.4. The minimum Gasteiger partial charge on any atom is -0.486 e. The molecule has 0 fully saturated rings. The van der Waals surface area contributed by atoms with Crippen LogP contribution in [0.3, 0.4) is 0 Å². The van der Waals surface area contributed by atoms with E-state index in [1.165, 1.54) is 12.1 Å². The number of benzene rings is 2. The highest BCUT2D eigenvalue weighted by Gasteiger charge is 2.10. The third-order valence-electron chi connectivity index (χ3n) is 2.75. The van der Waals surface area contributed by atoms with Gasteiger partial charge in [0.15, 0.2) is 11.6 Å². The SMILES string of the molecule is N/C(=N\O)c1ccc(COc2c(Cl)cccc2Cl)c(F)c1. The van der Waals surface area contributed by atoms with Gasteiger partial charge in [0, 0.05) is 11.1 Å². The minimum absolute atomic E-state index is 0.0499. The number of hydrogen-bond donors (Lipinski definition) is 2. The number of ether oxygens (including phenoxy) is 1. The summed E-state index contributed by atoms with van der Waals surface area (Å²) in [7, 11) is 0. The molecule has 0 amide bonds. The largest absolute Gasteiger partial charge is 0.486 e. The van der Waals surface area contributed by atoms with Gasteiger partial charge in [-0.1, -0.05) is 46.6 Å². The Morgan fingerprint density at radius 3 is 2.48 bits per heavy atom. The van der Waals surface area contributed by atoms with Crippen LogP contribution >= 0.6 is 23.2 Å². The first-order valence-electron chi connectivity index (χ1n) is 5.86. The van der Waals surface area contributed by atoms with Crippen LogP contribution in [0.4, 0.5) is 4.39 Å². The Labute approximate surface area is 130 Å². The zero-order chi connectivity index (χ0) is 15.4. The van der Waals surface area contributed by atoms with Crippen LogP contribution in [0, 0.1) is 5.82 Å². The molecule has 2 aromatic carbocycles. The van der Waals surface area contributed by atoms with E-state index in [9.17, 15) is 4.39 Å². The standard InChI is InChI=1S/C14H11Cl2FN2O2/c15-10-2-1-3-11(16)13(10)21-7-9-5-4-8(6-12(9)17)14(18)19-20/h1-6,20H,7H2,(H2,18,19). The molecule has 0 unspecified atom stereocenters. The number of nitrogens with two attached hydrogens (primary N) is 1. The lowest BCUT2D eigenvalue weighted by molar-refractivity contribution is 0.300. The Morgan fingerprint density at radius 1 is 1.24 bits per heavy atom. The van der Waals surface area contributed by atoms with Gasteiger partial charge in [-0.2, -0.15) is 0 Å². The number of para-hydroxylation sites is 1. The predicted octanol–water partition coefficient (Wildman–Crippen LogP) is 3.81. The van der Waals surface area contributed by atoms with Gasteiger partial charge in [-0.25, -0.2) is 4.39 Å². The van der Waals surface area contributed by atoms with Crippen LogP contribution in [-0.4, -0.2) is 11.0 Å². The Morgan fingerprint density at radius 2 is 1.90 bits per heavy atom. The van der Waals surface area contributed by atoms with E-state index in [0.717, 1.165) is 6.07 Å². The summed E-state index contributed by atoms with van der Waals surface area (Å²) in [5.74, 6) is -0.418. The Balaban J connectivity index is 2.18. The number of rotatable bonds is 4. The molecule has 0 saturated heterocycles. The average Bonchev–Trinajstić information content (AvgIpc) is 2.47. The first-order chi connectivity index (χ1) is 10.0. The molecule has 0 radical (unpaired) electrons. The van der Waals surface area contributed by atoms with Gasteiger partial charge in [0.05, 0.1) is 10.0 Å². The van der Waals surface area contributed by atoms with Gasteiger partial charge in [0.25, 0.3) is 0 Å². The first kappa shape index (κ1) is 15.4. The molecule has 0 aliphatic rings. The summed E-state index contributed by atoms with van der Waals surface area (Å²) >= 11 is 11.9. The van der Waals surface area contributed by atoms with E-state index in [1.807, 2.05) is 0 Å². The average molecular weight is 329 g/mol. The van der Waals surface area contributed by atoms with E-state index < -0.39 is 5.82 Å². The molecule has 0 saturated carbocycles. The van der Waals surface area contributed by atoms with Crippen molar-refractivity contribution in [2.45, 2.75) is 6.61 Å². The fourth-order valence-corrected chi connectivity index (χ4v) is 2.16. The zero-order valence-electron chi connectivity index (χ0n) is 10.7. The Kier molecular flexibility index (Phi) is 4.88. The van der Waals surface area contributed by atoms with Crippen LogP contribution in [0.5, 0.6) is 5.75 Å². The molecule has 0 aromatic heterocycles. The second kappa shape index (κ2) is 6.65. The maximum atomic E-state index is 13.9. The van der Waals surface area contributed by atoms with E-state index in [-0.39, 0.29) is 18.0 Å². The van der Waals surface area contributed by atoms with Crippen LogP contribution in [0.25, 0.3) is 0 Å². The van der Waals surface area contributed by atoms with Crippen molar-refractivity contribution in [3.8, 4) is 5.75 Å². The molecule has 2 rings (SSSR count).